The molecule has 0 aliphatic heterocycles. The van der Waals surface area contributed by atoms with E-state index < -0.39 is 10.0 Å². The van der Waals surface area contributed by atoms with Crippen LogP contribution in [0.5, 0.6) is 0 Å². The average Bonchev–Trinajstić information content (AvgIpc) is 2.75. The minimum atomic E-state index is -3.42. The van der Waals surface area contributed by atoms with Crippen molar-refractivity contribution < 1.29 is 8.42 Å². The number of rotatable bonds is 6. The van der Waals surface area contributed by atoms with E-state index >= 15 is 0 Å². The van der Waals surface area contributed by atoms with Crippen LogP contribution in [0, 0.1) is 6.92 Å². The van der Waals surface area contributed by atoms with E-state index in [1.165, 1.54) is 0 Å². The van der Waals surface area contributed by atoms with Gasteiger partial charge in [0, 0.05) is 19.3 Å². The van der Waals surface area contributed by atoms with Gasteiger partial charge in [-0.15, -0.1) is 0 Å². The highest BCUT2D eigenvalue weighted by molar-refractivity contribution is 7.89. The summed E-state index contributed by atoms with van der Waals surface area (Å²) in [6.07, 6.45) is 2.38. The molecule has 0 bridgehead atoms. The van der Waals surface area contributed by atoms with Crippen LogP contribution in [0.25, 0.3) is 0 Å². The van der Waals surface area contributed by atoms with Crippen molar-refractivity contribution in [1.29, 1.82) is 0 Å². The highest BCUT2D eigenvalue weighted by atomic mass is 35.5. The summed E-state index contributed by atoms with van der Waals surface area (Å²) in [6, 6.07) is 8.31. The molecule has 108 valence electrons. The zero-order valence-electron chi connectivity index (χ0n) is 11.1. The number of halogens is 1. The van der Waals surface area contributed by atoms with Crippen molar-refractivity contribution in [1.82, 2.24) is 14.5 Å². The third kappa shape index (κ3) is 3.82. The number of nitrogens with zero attached hydrogens (tertiary/aromatic N) is 2. The van der Waals surface area contributed by atoms with Crippen LogP contribution in [0.1, 0.15) is 12.1 Å². The molecular weight excluding hydrogens is 298 g/mol. The normalized spacial score (nSPS) is 11.7. The van der Waals surface area contributed by atoms with Gasteiger partial charge in [-0.2, -0.15) is 5.10 Å². The third-order valence-electron chi connectivity index (χ3n) is 2.80. The molecule has 0 amide bonds. The van der Waals surface area contributed by atoms with E-state index in [0.717, 1.165) is 5.69 Å². The molecule has 0 aliphatic rings. The van der Waals surface area contributed by atoms with Gasteiger partial charge in [0.1, 0.15) is 0 Å². The van der Waals surface area contributed by atoms with Crippen LogP contribution in [-0.4, -0.2) is 24.7 Å². The number of sulfonamides is 1. The van der Waals surface area contributed by atoms with Gasteiger partial charge < -0.3 is 0 Å². The summed E-state index contributed by atoms with van der Waals surface area (Å²) < 4.78 is 28.2. The van der Waals surface area contributed by atoms with Crippen molar-refractivity contribution in [2.24, 2.45) is 0 Å². The Morgan fingerprint density at radius 3 is 2.60 bits per heavy atom. The van der Waals surface area contributed by atoms with E-state index in [1.54, 1.807) is 41.2 Å². The maximum Gasteiger partial charge on any atom is 0.240 e. The van der Waals surface area contributed by atoms with Crippen molar-refractivity contribution in [3.63, 3.8) is 0 Å². The van der Waals surface area contributed by atoms with Gasteiger partial charge in [0.25, 0.3) is 0 Å². The molecule has 20 heavy (non-hydrogen) atoms. The summed E-state index contributed by atoms with van der Waals surface area (Å²) in [5, 5.41) is 4.83. The standard InChI is InChI=1S/C13H16ClN3O2S/c1-11-13(14)10-17(16-11)9-5-8-15-20(18,19)12-6-3-2-4-7-12/h2-4,6-7,10,15H,5,8-9H2,1H3. The molecule has 1 aromatic carbocycles. The molecule has 1 N–H and O–H groups in total. The van der Waals surface area contributed by atoms with Crippen LogP contribution in [0.2, 0.25) is 5.02 Å². The van der Waals surface area contributed by atoms with E-state index in [4.69, 9.17) is 11.6 Å². The van der Waals surface area contributed by atoms with Crippen molar-refractivity contribution in [2.45, 2.75) is 24.8 Å². The van der Waals surface area contributed by atoms with Gasteiger partial charge >= 0.3 is 0 Å². The van der Waals surface area contributed by atoms with Gasteiger partial charge in [0.15, 0.2) is 0 Å². The lowest BCUT2D eigenvalue weighted by molar-refractivity contribution is 0.551. The number of aromatic nitrogens is 2. The predicted octanol–water partition coefficient (Wildman–Crippen LogP) is 2.21. The second-order valence-electron chi connectivity index (χ2n) is 4.39. The molecule has 0 fully saturated rings. The lowest BCUT2D eigenvalue weighted by atomic mass is 10.4. The summed E-state index contributed by atoms with van der Waals surface area (Å²) in [5.74, 6) is 0. The maximum absolute atomic E-state index is 11.9. The van der Waals surface area contributed by atoms with Crippen LogP contribution >= 0.6 is 11.6 Å². The molecule has 0 spiro atoms. The first-order valence-electron chi connectivity index (χ1n) is 6.23. The topological polar surface area (TPSA) is 64.0 Å². The van der Waals surface area contributed by atoms with Gasteiger partial charge in [-0.05, 0) is 25.5 Å². The van der Waals surface area contributed by atoms with E-state index in [0.29, 0.717) is 24.5 Å². The number of hydrogen-bond acceptors (Lipinski definition) is 3. The van der Waals surface area contributed by atoms with Crippen LogP contribution < -0.4 is 4.72 Å². The first-order chi connectivity index (χ1) is 9.49. The Labute approximate surface area is 123 Å². The maximum atomic E-state index is 11.9. The third-order valence-corrected chi connectivity index (χ3v) is 4.64. The van der Waals surface area contributed by atoms with E-state index in [2.05, 4.69) is 9.82 Å². The molecule has 2 aromatic rings. The fraction of sp³-hybridized carbons (Fsp3) is 0.308. The molecule has 0 saturated heterocycles. The highest BCUT2D eigenvalue weighted by Crippen LogP contribution is 2.12. The fourth-order valence-corrected chi connectivity index (χ4v) is 2.98. The van der Waals surface area contributed by atoms with Crippen LogP contribution in [-0.2, 0) is 16.6 Å². The fourth-order valence-electron chi connectivity index (χ4n) is 1.74. The quantitative estimate of drug-likeness (QED) is 0.832. The lowest BCUT2D eigenvalue weighted by Crippen LogP contribution is -2.25. The molecule has 0 atom stereocenters. The smallest absolute Gasteiger partial charge is 0.240 e. The SMILES string of the molecule is Cc1nn(CCCNS(=O)(=O)c2ccccc2)cc1Cl. The summed E-state index contributed by atoms with van der Waals surface area (Å²) in [7, 11) is -3.42. The van der Waals surface area contributed by atoms with Crippen LogP contribution in [0.3, 0.4) is 0 Å². The molecular formula is C13H16ClN3O2S. The molecule has 2 rings (SSSR count). The monoisotopic (exact) mass is 313 g/mol. The number of benzene rings is 1. The highest BCUT2D eigenvalue weighted by Gasteiger charge is 2.12. The summed E-state index contributed by atoms with van der Waals surface area (Å²) in [5.41, 5.74) is 0.775. The van der Waals surface area contributed by atoms with Gasteiger partial charge in [-0.3, -0.25) is 4.68 Å². The predicted molar refractivity (Wildman–Crippen MR) is 78.2 cm³/mol. The summed E-state index contributed by atoms with van der Waals surface area (Å²) in [6.45, 7) is 2.80. The Morgan fingerprint density at radius 1 is 1.30 bits per heavy atom. The van der Waals surface area contributed by atoms with Crippen molar-refractivity contribution in [3.05, 3.63) is 47.2 Å². The van der Waals surface area contributed by atoms with E-state index in [-0.39, 0.29) is 4.90 Å². The first kappa shape index (κ1) is 15.0. The molecule has 0 saturated carbocycles. The Balaban J connectivity index is 1.84. The molecule has 0 unspecified atom stereocenters. The minimum Gasteiger partial charge on any atom is -0.271 e. The Morgan fingerprint density at radius 2 is 2.00 bits per heavy atom. The Kier molecular flexibility index (Phi) is 4.80. The van der Waals surface area contributed by atoms with Gasteiger partial charge in [0.2, 0.25) is 10.0 Å². The number of aryl methyl sites for hydroxylation is 2. The molecule has 7 heteroatoms. The summed E-state index contributed by atoms with van der Waals surface area (Å²) >= 11 is 5.90. The van der Waals surface area contributed by atoms with Gasteiger partial charge in [-0.25, -0.2) is 13.1 Å². The van der Waals surface area contributed by atoms with Gasteiger partial charge in [0.05, 0.1) is 15.6 Å². The molecule has 1 heterocycles. The minimum absolute atomic E-state index is 0.276. The number of hydrogen-bond donors (Lipinski definition) is 1. The van der Waals surface area contributed by atoms with E-state index in [1.807, 2.05) is 6.92 Å². The molecule has 0 radical (unpaired) electrons. The lowest BCUT2D eigenvalue weighted by Gasteiger charge is -2.06. The van der Waals surface area contributed by atoms with Crippen molar-refractivity contribution in [3.8, 4) is 0 Å². The van der Waals surface area contributed by atoms with Crippen LogP contribution in [0.4, 0.5) is 0 Å². The molecule has 5 nitrogen and oxygen atoms in total. The second-order valence-corrected chi connectivity index (χ2v) is 6.56. The Hall–Kier alpha value is -1.37. The zero-order chi connectivity index (χ0) is 14.6. The van der Waals surface area contributed by atoms with Crippen molar-refractivity contribution in [2.75, 3.05) is 6.54 Å². The first-order valence-corrected chi connectivity index (χ1v) is 8.09. The summed E-state index contributed by atoms with van der Waals surface area (Å²) in [4.78, 5) is 0.276. The zero-order valence-corrected chi connectivity index (χ0v) is 12.7. The second kappa shape index (κ2) is 6.39. The molecule has 0 aliphatic carbocycles. The van der Waals surface area contributed by atoms with E-state index in [9.17, 15) is 8.42 Å². The Bertz CT molecular complexity index is 649. The molecule has 1 aromatic heterocycles. The average molecular weight is 314 g/mol. The van der Waals surface area contributed by atoms with Crippen molar-refractivity contribution >= 4 is 21.6 Å². The largest absolute Gasteiger partial charge is 0.271 e. The van der Waals surface area contributed by atoms with Gasteiger partial charge in [-0.1, -0.05) is 29.8 Å². The number of nitrogens with one attached hydrogen (secondary N) is 1. The van der Waals surface area contributed by atoms with Crippen LogP contribution in [0.15, 0.2) is 41.4 Å².